The van der Waals surface area contributed by atoms with Gasteiger partial charge in [-0.1, -0.05) is 60.7 Å². The predicted molar refractivity (Wildman–Crippen MR) is 157 cm³/mol. The fourth-order valence-corrected chi connectivity index (χ4v) is 5.95. The van der Waals surface area contributed by atoms with E-state index < -0.39 is 16.2 Å². The lowest BCUT2D eigenvalue weighted by molar-refractivity contribution is -0.134. The molecule has 0 aliphatic carbocycles. The summed E-state index contributed by atoms with van der Waals surface area (Å²) in [6, 6.07) is 29.3. The maximum absolute atomic E-state index is 13.8. The van der Waals surface area contributed by atoms with Crippen LogP contribution in [0, 0.1) is 0 Å². The van der Waals surface area contributed by atoms with Crippen LogP contribution in [0.2, 0.25) is 0 Å². The molecule has 0 radical (unpaired) electrons. The lowest BCUT2D eigenvalue weighted by Crippen LogP contribution is -2.39. The van der Waals surface area contributed by atoms with Crippen molar-refractivity contribution < 1.29 is 22.1 Å². The van der Waals surface area contributed by atoms with Gasteiger partial charge in [0.25, 0.3) is 10.1 Å². The van der Waals surface area contributed by atoms with E-state index in [2.05, 4.69) is 17.1 Å². The van der Waals surface area contributed by atoms with Crippen LogP contribution >= 0.6 is 0 Å². The predicted octanol–water partition coefficient (Wildman–Crippen LogP) is 5.90. The fraction of sp³-hybridized carbons (Fsp3) is 0.273. The molecule has 0 spiro atoms. The number of aryl methyl sites for hydroxylation is 1. The number of carbonyl (C=O) groups excluding carboxylic acids is 1. The highest BCUT2D eigenvalue weighted by atomic mass is 32.2. The molecule has 0 fully saturated rings. The van der Waals surface area contributed by atoms with Crippen molar-refractivity contribution in [3.63, 3.8) is 0 Å². The Morgan fingerprint density at radius 1 is 0.878 bits per heavy atom. The Morgan fingerprint density at radius 2 is 1.68 bits per heavy atom. The molecule has 7 nitrogen and oxygen atoms in total. The second-order valence-corrected chi connectivity index (χ2v) is 11.7. The molecule has 4 bridgehead atoms. The highest BCUT2D eigenvalue weighted by Crippen LogP contribution is 2.28. The van der Waals surface area contributed by atoms with Gasteiger partial charge in [-0.2, -0.15) is 8.42 Å². The molecule has 6 rings (SSSR count). The number of hydrogen-bond acceptors (Lipinski definition) is 6. The monoisotopic (exact) mass is 570 g/mol. The lowest BCUT2D eigenvalue weighted by atomic mass is 10.0. The van der Waals surface area contributed by atoms with Gasteiger partial charge in [-0.3, -0.25) is 14.0 Å². The Hall–Kier alpha value is -4.01. The molecule has 1 amide bonds. The SMILES string of the molecule is O=C(CCCCc1ccccc1)N(CCc1ccccn1)C1COS(=O)(=O)c2cccc(c2)COc2ccc1cc2. The number of ether oxygens (including phenoxy) is 1. The van der Waals surface area contributed by atoms with Gasteiger partial charge in [-0.15, -0.1) is 0 Å². The third-order valence-corrected chi connectivity index (χ3v) is 8.50. The van der Waals surface area contributed by atoms with Crippen LogP contribution in [-0.4, -0.2) is 37.4 Å². The smallest absolute Gasteiger partial charge is 0.297 e. The number of amides is 1. The summed E-state index contributed by atoms with van der Waals surface area (Å²) in [6.45, 7) is 0.394. The summed E-state index contributed by atoms with van der Waals surface area (Å²) >= 11 is 0. The highest BCUT2D eigenvalue weighted by Gasteiger charge is 2.28. The lowest BCUT2D eigenvalue weighted by Gasteiger charge is -2.32. The van der Waals surface area contributed by atoms with E-state index >= 15 is 0 Å². The first-order valence-corrected chi connectivity index (χ1v) is 15.3. The number of fused-ring (bicyclic) bond motifs is 6. The van der Waals surface area contributed by atoms with Crippen molar-refractivity contribution in [3.8, 4) is 5.75 Å². The van der Waals surface area contributed by atoms with Crippen LogP contribution in [-0.2, 0) is 38.5 Å². The zero-order valence-corrected chi connectivity index (χ0v) is 23.7. The Balaban J connectivity index is 1.40. The van der Waals surface area contributed by atoms with Crippen molar-refractivity contribution in [2.75, 3.05) is 13.2 Å². The molecule has 0 saturated carbocycles. The summed E-state index contributed by atoms with van der Waals surface area (Å²) in [5.74, 6) is 0.611. The molecule has 1 unspecified atom stereocenters. The van der Waals surface area contributed by atoms with Crippen molar-refractivity contribution in [2.45, 2.75) is 49.6 Å². The summed E-state index contributed by atoms with van der Waals surface area (Å²) in [4.78, 5) is 20.0. The molecular weight excluding hydrogens is 536 g/mol. The average Bonchev–Trinajstić information content (AvgIpc) is 3.02. The van der Waals surface area contributed by atoms with E-state index in [9.17, 15) is 13.2 Å². The first kappa shape index (κ1) is 28.5. The van der Waals surface area contributed by atoms with Gasteiger partial charge in [0.2, 0.25) is 5.91 Å². The number of pyridine rings is 1. The second-order valence-electron chi connectivity index (χ2n) is 10.1. The third kappa shape index (κ3) is 7.80. The fourth-order valence-electron chi connectivity index (χ4n) is 4.96. The van der Waals surface area contributed by atoms with E-state index in [0.29, 0.717) is 25.1 Å². The number of unbranched alkanes of at least 4 members (excludes halogenated alkanes) is 1. The van der Waals surface area contributed by atoms with E-state index in [1.165, 1.54) is 11.6 Å². The van der Waals surface area contributed by atoms with Crippen LogP contribution in [0.15, 0.2) is 108 Å². The van der Waals surface area contributed by atoms with Crippen LogP contribution < -0.4 is 4.74 Å². The molecule has 1 atom stereocenters. The van der Waals surface area contributed by atoms with Crippen molar-refractivity contribution >= 4 is 16.0 Å². The molecule has 8 heteroatoms. The van der Waals surface area contributed by atoms with Crippen LogP contribution in [0.1, 0.15) is 47.7 Å². The van der Waals surface area contributed by atoms with Crippen molar-refractivity contribution in [3.05, 3.63) is 126 Å². The first-order chi connectivity index (χ1) is 20.0. The van der Waals surface area contributed by atoms with E-state index in [0.717, 1.165) is 36.1 Å². The molecule has 4 aromatic rings. The average molecular weight is 571 g/mol. The number of hydrogen-bond donors (Lipinski definition) is 0. The number of rotatable bonds is 9. The molecule has 3 heterocycles. The van der Waals surface area contributed by atoms with Gasteiger partial charge >= 0.3 is 0 Å². The maximum Gasteiger partial charge on any atom is 0.297 e. The molecule has 0 saturated heterocycles. The first-order valence-electron chi connectivity index (χ1n) is 13.9. The largest absolute Gasteiger partial charge is 0.489 e. The summed E-state index contributed by atoms with van der Waals surface area (Å²) in [6.07, 6.45) is 5.10. The van der Waals surface area contributed by atoms with Gasteiger partial charge in [0.1, 0.15) is 12.4 Å². The highest BCUT2D eigenvalue weighted by molar-refractivity contribution is 7.86. The van der Waals surface area contributed by atoms with Gasteiger partial charge < -0.3 is 9.64 Å². The van der Waals surface area contributed by atoms with Crippen LogP contribution in [0.3, 0.4) is 0 Å². The zero-order valence-electron chi connectivity index (χ0n) is 22.9. The second kappa shape index (κ2) is 13.6. The minimum absolute atomic E-state index is 0.0494. The number of aromatic nitrogens is 1. The molecule has 212 valence electrons. The molecule has 0 N–H and O–H groups in total. The Morgan fingerprint density at radius 3 is 2.46 bits per heavy atom. The molecule has 2 aliphatic heterocycles. The van der Waals surface area contributed by atoms with Gasteiger partial charge in [0.15, 0.2) is 0 Å². The Labute approximate surface area is 241 Å². The van der Waals surface area contributed by atoms with Gasteiger partial charge in [0.05, 0.1) is 17.5 Å². The quantitative estimate of drug-likeness (QED) is 0.184. The Bertz CT molecular complexity index is 1530. The summed E-state index contributed by atoms with van der Waals surface area (Å²) in [5.41, 5.74) is 3.59. The van der Waals surface area contributed by atoms with Gasteiger partial charge in [-0.05, 0) is 72.4 Å². The molecule has 2 aliphatic rings. The van der Waals surface area contributed by atoms with Crippen molar-refractivity contribution in [1.29, 1.82) is 0 Å². The number of benzene rings is 3. The van der Waals surface area contributed by atoms with Crippen molar-refractivity contribution in [2.24, 2.45) is 0 Å². The van der Waals surface area contributed by atoms with E-state index in [1.807, 2.05) is 66.7 Å². The van der Waals surface area contributed by atoms with Gasteiger partial charge in [-0.25, -0.2) is 0 Å². The molecule has 1 aromatic heterocycles. The van der Waals surface area contributed by atoms with Crippen LogP contribution in [0.25, 0.3) is 0 Å². The zero-order chi connectivity index (χ0) is 28.5. The minimum Gasteiger partial charge on any atom is -0.489 e. The number of nitrogens with zero attached hydrogens (tertiary/aromatic N) is 2. The molecule has 41 heavy (non-hydrogen) atoms. The van der Waals surface area contributed by atoms with E-state index in [4.69, 9.17) is 8.92 Å². The molecule has 3 aromatic carbocycles. The summed E-state index contributed by atoms with van der Waals surface area (Å²) < 4.78 is 38.0. The Kier molecular flexibility index (Phi) is 9.44. The summed E-state index contributed by atoms with van der Waals surface area (Å²) in [5, 5.41) is 0. The van der Waals surface area contributed by atoms with E-state index in [1.54, 1.807) is 23.2 Å². The van der Waals surface area contributed by atoms with Crippen molar-refractivity contribution in [1.82, 2.24) is 9.88 Å². The van der Waals surface area contributed by atoms with Gasteiger partial charge in [0, 0.05) is 31.3 Å². The maximum atomic E-state index is 13.8. The van der Waals surface area contributed by atoms with Crippen LogP contribution in [0.5, 0.6) is 5.75 Å². The topological polar surface area (TPSA) is 85.8 Å². The number of carbonyl (C=O) groups is 1. The summed E-state index contributed by atoms with van der Waals surface area (Å²) in [7, 11) is -4.06. The minimum atomic E-state index is -4.06. The van der Waals surface area contributed by atoms with E-state index in [-0.39, 0.29) is 24.0 Å². The normalized spacial score (nSPS) is 16.0. The third-order valence-electron chi connectivity index (χ3n) is 7.22. The van der Waals surface area contributed by atoms with Crippen LogP contribution in [0.4, 0.5) is 0 Å². The standard InChI is InChI=1S/C33H34N2O5S/c36-33(15-5-4-11-26-9-2-1-3-10-26)35(22-20-29-13-6-7-21-34-29)32-25-40-41(37,38)31-14-8-12-27(23-31)24-39-30-18-16-28(32)17-19-30/h1-3,6-10,12-14,16-19,21,23,32H,4-5,11,15,20,22,24-25H2. The molecular formula is C33H34N2O5S.